The summed E-state index contributed by atoms with van der Waals surface area (Å²) in [6.45, 7) is 0.00733. The van der Waals surface area contributed by atoms with Gasteiger partial charge in [-0.2, -0.15) is 0 Å². The zero-order valence-corrected chi connectivity index (χ0v) is 12.3. The van der Waals surface area contributed by atoms with E-state index in [0.29, 0.717) is 5.02 Å². The van der Waals surface area contributed by atoms with Crippen LogP contribution in [-0.4, -0.2) is 42.4 Å². The van der Waals surface area contributed by atoms with Crippen molar-refractivity contribution < 1.29 is 17.7 Å². The van der Waals surface area contributed by atoms with Crippen LogP contribution in [0.3, 0.4) is 0 Å². The molecule has 98 valence electrons. The second kappa shape index (κ2) is 7.03. The Balaban J connectivity index is 2.64. The van der Waals surface area contributed by atoms with Crippen LogP contribution in [0.2, 0.25) is 10.2 Å². The van der Waals surface area contributed by atoms with Gasteiger partial charge in [-0.05, 0) is 0 Å². The molecule has 2 atom stereocenters. The van der Waals surface area contributed by atoms with Crippen LogP contribution in [-0.2, 0) is 8.48 Å². The van der Waals surface area contributed by atoms with E-state index in [1.807, 2.05) is 0 Å². The van der Waals surface area contributed by atoms with Crippen molar-refractivity contribution in [3.05, 3.63) is 29.3 Å². The van der Waals surface area contributed by atoms with E-state index >= 15 is 0 Å². The Kier molecular flexibility index (Phi) is 6.01. The summed E-state index contributed by atoms with van der Waals surface area (Å²) in [6.07, 6.45) is 3.96. The molecule has 0 saturated heterocycles. The number of aliphatic hydroxyl groups is 1. The number of ether oxygens (including phenoxy) is 1. The van der Waals surface area contributed by atoms with Crippen LogP contribution < -0.4 is 4.35 Å². The normalized spacial score (nSPS) is 15.7. The Morgan fingerprint density at radius 3 is 2.89 bits per heavy atom. The molecular formula is C12H14AsClO4. The molecule has 0 saturated carbocycles. The van der Waals surface area contributed by atoms with E-state index in [9.17, 15) is 12.9 Å². The summed E-state index contributed by atoms with van der Waals surface area (Å²) < 4.78 is 27.2. The number of hydrogen-bond acceptors (Lipinski definition) is 3. The Bertz CT molecular complexity index is 483. The summed E-state index contributed by atoms with van der Waals surface area (Å²) >= 11 is 1.44. The fourth-order valence-electron chi connectivity index (χ4n) is 1.39. The number of hydrogen-bond donors (Lipinski definition) is 2. The molecule has 0 aliphatic heterocycles. The zero-order valence-electron chi connectivity index (χ0n) is 9.62. The summed E-state index contributed by atoms with van der Waals surface area (Å²) in [7, 11) is 0. The average molecular weight is 333 g/mol. The fraction of sp³-hybridized carbons (Fsp3) is 0.333. The molecular weight excluding hydrogens is 319 g/mol. The molecule has 0 aromatic heterocycles. The van der Waals surface area contributed by atoms with Crippen molar-refractivity contribution in [1.29, 1.82) is 0 Å². The van der Waals surface area contributed by atoms with Crippen molar-refractivity contribution in [2.24, 2.45) is 0 Å². The number of halogens is 1. The monoisotopic (exact) mass is 332 g/mol. The molecule has 0 fully saturated rings. The third-order valence-corrected chi connectivity index (χ3v) is 6.60. The summed E-state index contributed by atoms with van der Waals surface area (Å²) in [4.78, 5) is 0. The first-order valence-electron chi connectivity index (χ1n) is 5.23. The molecule has 4 nitrogen and oxygen atoms in total. The zero-order chi connectivity index (χ0) is 13.6. The van der Waals surface area contributed by atoms with Crippen molar-refractivity contribution in [2.75, 3.05) is 13.2 Å². The Morgan fingerprint density at radius 1 is 1.56 bits per heavy atom. The van der Waals surface area contributed by atoms with Crippen molar-refractivity contribution >= 4 is 29.8 Å². The van der Waals surface area contributed by atoms with E-state index in [1.165, 1.54) is 12.1 Å². The van der Waals surface area contributed by atoms with Gasteiger partial charge >= 0.3 is 114 Å². The predicted molar refractivity (Wildman–Crippen MR) is 70.2 cm³/mol. The molecule has 6 heteroatoms. The molecule has 0 radical (unpaired) electrons. The van der Waals surface area contributed by atoms with Crippen molar-refractivity contribution in [2.45, 2.75) is 11.3 Å². The van der Waals surface area contributed by atoms with Crippen molar-refractivity contribution in [3.8, 4) is 12.3 Å². The number of rotatable bonds is 6. The summed E-state index contributed by atoms with van der Waals surface area (Å²) in [5.74, 6) is 2.25. The van der Waals surface area contributed by atoms with Gasteiger partial charge in [0.05, 0.1) is 0 Å². The van der Waals surface area contributed by atoms with Crippen LogP contribution in [0.25, 0.3) is 0 Å². The van der Waals surface area contributed by atoms with Gasteiger partial charge in [-0.3, -0.25) is 0 Å². The van der Waals surface area contributed by atoms with E-state index in [-0.39, 0.29) is 22.8 Å². The fourth-order valence-corrected chi connectivity index (χ4v) is 4.99. The third-order valence-electron chi connectivity index (χ3n) is 2.17. The molecule has 0 aliphatic carbocycles. The Hall–Kier alpha value is -0.692. The van der Waals surface area contributed by atoms with Crippen LogP contribution in [0.5, 0.6) is 0 Å². The van der Waals surface area contributed by atoms with Gasteiger partial charge in [0, 0.05) is 0 Å². The predicted octanol–water partition coefficient (Wildman–Crippen LogP) is 0.423. The van der Waals surface area contributed by atoms with Gasteiger partial charge in [-0.1, -0.05) is 0 Å². The standard InChI is InChI=1S/C12H14AsClO4/c1-2-6-18-9-12(15)8-13(16,17)10-4-3-5-11(14)7-10/h1,3-5,7,12,15H,6,8-9H2,(H,16,17). The van der Waals surface area contributed by atoms with E-state index in [0.717, 1.165) is 0 Å². The number of benzene rings is 1. The van der Waals surface area contributed by atoms with Crippen molar-refractivity contribution in [1.82, 2.24) is 0 Å². The molecule has 0 spiro atoms. The quantitative estimate of drug-likeness (QED) is 0.450. The van der Waals surface area contributed by atoms with Crippen LogP contribution in [0.15, 0.2) is 24.3 Å². The summed E-state index contributed by atoms with van der Waals surface area (Å²) in [5, 5.41) is 9.76. The molecule has 0 amide bonds. The van der Waals surface area contributed by atoms with Gasteiger partial charge in [-0.25, -0.2) is 0 Å². The van der Waals surface area contributed by atoms with Gasteiger partial charge in [-0.15, -0.1) is 0 Å². The minimum atomic E-state index is -4.32. The van der Waals surface area contributed by atoms with E-state index in [4.69, 9.17) is 22.8 Å². The maximum atomic E-state index is 12.1. The van der Waals surface area contributed by atoms with Gasteiger partial charge in [0.25, 0.3) is 0 Å². The Labute approximate surface area is 114 Å². The molecule has 1 aromatic rings. The molecule has 0 bridgehead atoms. The SMILES string of the molecule is C#CCOCC(O)C[As](=O)(O)c1cccc(Cl)c1. The van der Waals surface area contributed by atoms with Crippen LogP contribution in [0, 0.1) is 12.3 Å². The second-order valence-corrected chi connectivity index (χ2v) is 8.97. The molecule has 2 unspecified atom stereocenters. The minimum absolute atomic E-state index is 0.0589. The molecule has 0 aliphatic rings. The first kappa shape index (κ1) is 15.4. The van der Waals surface area contributed by atoms with Gasteiger partial charge < -0.3 is 0 Å². The third kappa shape index (κ3) is 4.89. The van der Waals surface area contributed by atoms with Crippen molar-refractivity contribution in [3.63, 3.8) is 0 Å². The maximum absolute atomic E-state index is 12.1. The Morgan fingerprint density at radius 2 is 2.28 bits per heavy atom. The first-order valence-corrected chi connectivity index (χ1v) is 9.48. The molecule has 2 N–H and O–H groups in total. The van der Waals surface area contributed by atoms with Gasteiger partial charge in [0.15, 0.2) is 0 Å². The average Bonchev–Trinajstić information content (AvgIpc) is 2.28. The first-order chi connectivity index (χ1) is 8.45. The van der Waals surface area contributed by atoms with Gasteiger partial charge in [0.2, 0.25) is 0 Å². The molecule has 0 heterocycles. The topological polar surface area (TPSA) is 66.8 Å². The van der Waals surface area contributed by atoms with E-state index in [2.05, 4.69) is 5.92 Å². The van der Waals surface area contributed by atoms with E-state index in [1.54, 1.807) is 12.1 Å². The summed E-state index contributed by atoms with van der Waals surface area (Å²) in [5.41, 5.74) is 0. The molecule has 1 aromatic carbocycles. The van der Waals surface area contributed by atoms with Crippen LogP contribution in [0.4, 0.5) is 0 Å². The van der Waals surface area contributed by atoms with Gasteiger partial charge in [0.1, 0.15) is 0 Å². The second-order valence-electron chi connectivity index (χ2n) is 3.74. The molecule has 1 rings (SSSR count). The van der Waals surface area contributed by atoms with E-state index < -0.39 is 19.9 Å². The number of terminal acetylenes is 1. The summed E-state index contributed by atoms with van der Waals surface area (Å²) in [6, 6.07) is 6.19. The molecule has 18 heavy (non-hydrogen) atoms. The van der Waals surface area contributed by atoms with Crippen LogP contribution >= 0.6 is 11.6 Å². The van der Waals surface area contributed by atoms with Crippen LogP contribution in [0.1, 0.15) is 0 Å². The number of aliphatic hydroxyl groups excluding tert-OH is 1.